The van der Waals surface area contributed by atoms with Gasteiger partial charge in [0.05, 0.1) is 31.4 Å². The van der Waals surface area contributed by atoms with Gasteiger partial charge in [-0.1, -0.05) is 30.3 Å². The molecule has 2 aromatic carbocycles. The van der Waals surface area contributed by atoms with Gasteiger partial charge in [-0.3, -0.25) is 4.79 Å². The summed E-state index contributed by atoms with van der Waals surface area (Å²) in [5.41, 5.74) is 1.74. The van der Waals surface area contributed by atoms with Gasteiger partial charge < -0.3 is 20.1 Å². The fourth-order valence-electron chi connectivity index (χ4n) is 3.02. The van der Waals surface area contributed by atoms with Crippen LogP contribution >= 0.6 is 0 Å². The zero-order chi connectivity index (χ0) is 20.1. The Bertz CT molecular complexity index is 938. The number of ketones is 1. The molecule has 1 aliphatic rings. The molecule has 2 atom stereocenters. The number of hydrogen-bond acceptors (Lipinski definition) is 7. The zero-order valence-electron chi connectivity index (χ0n) is 15.5. The van der Waals surface area contributed by atoms with E-state index in [-0.39, 0.29) is 5.78 Å². The van der Waals surface area contributed by atoms with E-state index >= 15 is 0 Å². The quantitative estimate of drug-likeness (QED) is 0.744. The summed E-state index contributed by atoms with van der Waals surface area (Å²) in [5.74, 6) is -1.12. The normalized spacial score (nSPS) is 17.9. The Hall–Kier alpha value is -3.61. The number of carbonyl (C=O) groups excluding carboxylic acids is 3. The molecule has 2 N–H and O–H groups in total. The minimum atomic E-state index is -0.656. The van der Waals surface area contributed by atoms with Crippen molar-refractivity contribution in [2.45, 2.75) is 12.1 Å². The number of carbonyl (C=O) groups is 3. The van der Waals surface area contributed by atoms with E-state index in [1.54, 1.807) is 54.6 Å². The summed E-state index contributed by atoms with van der Waals surface area (Å²) in [6.07, 6.45) is 3.19. The number of benzene rings is 2. The van der Waals surface area contributed by atoms with Crippen LogP contribution in [0, 0.1) is 0 Å². The van der Waals surface area contributed by atoms with Crippen molar-refractivity contribution >= 4 is 29.1 Å². The Kier molecular flexibility index (Phi) is 5.74. The molecule has 7 nitrogen and oxygen atoms in total. The summed E-state index contributed by atoms with van der Waals surface area (Å²) in [6, 6.07) is 12.6. The summed E-state index contributed by atoms with van der Waals surface area (Å²) in [6.45, 7) is 0. The molecule has 144 valence electrons. The predicted molar refractivity (Wildman–Crippen MR) is 105 cm³/mol. The molecule has 0 spiro atoms. The minimum absolute atomic E-state index is 0.146. The van der Waals surface area contributed by atoms with Crippen LogP contribution in [0.4, 0.5) is 11.4 Å². The first-order chi connectivity index (χ1) is 13.5. The van der Waals surface area contributed by atoms with Gasteiger partial charge in [0.2, 0.25) is 0 Å². The molecule has 0 heterocycles. The molecule has 7 heteroatoms. The molecule has 0 aromatic heterocycles. The maximum atomic E-state index is 12.4. The Balaban J connectivity index is 1.85. The van der Waals surface area contributed by atoms with E-state index < -0.39 is 24.0 Å². The number of hydrogen-bond donors (Lipinski definition) is 2. The van der Waals surface area contributed by atoms with Crippen molar-refractivity contribution in [3.8, 4) is 0 Å². The number of methoxy groups -OCH3 is 2. The standard InChI is InChI=1S/C21H20N2O5/c1-27-20(25)13-7-3-5-9-15(13)22-17-11-12-18(24)19(17)23-16-10-6-4-8-14(16)21(26)28-2/h3-12,17,19,22-23H,1-2H3/t17-,19+/m1/s1. The van der Waals surface area contributed by atoms with Crippen molar-refractivity contribution in [3.05, 3.63) is 71.8 Å². The van der Waals surface area contributed by atoms with Crippen LogP contribution in [0.25, 0.3) is 0 Å². The zero-order valence-corrected chi connectivity index (χ0v) is 15.5. The summed E-state index contributed by atoms with van der Waals surface area (Å²) in [5, 5.41) is 6.32. The largest absolute Gasteiger partial charge is 0.465 e. The number of nitrogens with one attached hydrogen (secondary N) is 2. The third-order valence-electron chi connectivity index (χ3n) is 4.43. The van der Waals surface area contributed by atoms with Crippen LogP contribution in [0.1, 0.15) is 20.7 Å². The van der Waals surface area contributed by atoms with Crippen molar-refractivity contribution in [2.24, 2.45) is 0 Å². The fourth-order valence-corrected chi connectivity index (χ4v) is 3.02. The minimum Gasteiger partial charge on any atom is -0.465 e. The van der Waals surface area contributed by atoms with Gasteiger partial charge in [0, 0.05) is 11.4 Å². The monoisotopic (exact) mass is 380 g/mol. The van der Waals surface area contributed by atoms with Gasteiger partial charge in [-0.2, -0.15) is 0 Å². The van der Waals surface area contributed by atoms with E-state index in [0.717, 1.165) is 0 Å². The van der Waals surface area contributed by atoms with Crippen LogP contribution in [-0.4, -0.2) is 44.0 Å². The van der Waals surface area contributed by atoms with E-state index in [4.69, 9.17) is 9.47 Å². The molecule has 0 aliphatic heterocycles. The van der Waals surface area contributed by atoms with E-state index in [1.807, 2.05) is 0 Å². The molecule has 0 saturated heterocycles. The van der Waals surface area contributed by atoms with E-state index in [2.05, 4.69) is 10.6 Å². The van der Waals surface area contributed by atoms with Crippen LogP contribution in [-0.2, 0) is 14.3 Å². The predicted octanol–water partition coefficient (Wildman–Crippen LogP) is 2.66. The van der Waals surface area contributed by atoms with Crippen LogP contribution in [0.3, 0.4) is 0 Å². The average Bonchev–Trinajstić information content (AvgIpc) is 3.07. The highest BCUT2D eigenvalue weighted by atomic mass is 16.5. The number of rotatable bonds is 6. The highest BCUT2D eigenvalue weighted by molar-refractivity contribution is 6.03. The van der Waals surface area contributed by atoms with Gasteiger partial charge in [-0.25, -0.2) is 9.59 Å². The number of esters is 2. The molecule has 0 unspecified atom stereocenters. The molecule has 28 heavy (non-hydrogen) atoms. The first kappa shape index (κ1) is 19.2. The van der Waals surface area contributed by atoms with Crippen LogP contribution in [0.2, 0.25) is 0 Å². The highest BCUT2D eigenvalue weighted by Gasteiger charge is 2.31. The van der Waals surface area contributed by atoms with Gasteiger partial charge in [0.25, 0.3) is 0 Å². The summed E-state index contributed by atoms with van der Waals surface area (Å²) >= 11 is 0. The second-order valence-electron chi connectivity index (χ2n) is 6.13. The third kappa shape index (κ3) is 3.88. The lowest BCUT2D eigenvalue weighted by molar-refractivity contribution is -0.114. The lowest BCUT2D eigenvalue weighted by atomic mass is 10.1. The van der Waals surface area contributed by atoms with Crippen molar-refractivity contribution in [1.82, 2.24) is 0 Å². The van der Waals surface area contributed by atoms with Crippen LogP contribution < -0.4 is 10.6 Å². The van der Waals surface area contributed by atoms with Gasteiger partial charge in [0.1, 0.15) is 6.04 Å². The smallest absolute Gasteiger partial charge is 0.339 e. The molecular weight excluding hydrogens is 360 g/mol. The molecule has 0 fully saturated rings. The third-order valence-corrected chi connectivity index (χ3v) is 4.43. The second-order valence-corrected chi connectivity index (χ2v) is 6.13. The number of ether oxygens (including phenoxy) is 2. The molecule has 2 aromatic rings. The Morgan fingerprint density at radius 2 is 1.32 bits per heavy atom. The molecule has 0 amide bonds. The maximum absolute atomic E-state index is 12.4. The number of anilines is 2. The van der Waals surface area contributed by atoms with Crippen molar-refractivity contribution in [3.63, 3.8) is 0 Å². The first-order valence-corrected chi connectivity index (χ1v) is 8.65. The summed E-state index contributed by atoms with van der Waals surface area (Å²) in [4.78, 5) is 36.4. The van der Waals surface area contributed by atoms with Gasteiger partial charge in [-0.05, 0) is 30.3 Å². The molecular formula is C21H20N2O5. The highest BCUT2D eigenvalue weighted by Crippen LogP contribution is 2.24. The van der Waals surface area contributed by atoms with Gasteiger partial charge in [-0.15, -0.1) is 0 Å². The van der Waals surface area contributed by atoms with E-state index in [9.17, 15) is 14.4 Å². The summed E-state index contributed by atoms with van der Waals surface area (Å²) < 4.78 is 9.61. The second kappa shape index (κ2) is 8.39. The lowest BCUT2D eigenvalue weighted by Crippen LogP contribution is -2.40. The Labute approximate surface area is 162 Å². The molecule has 0 saturated carbocycles. The molecule has 0 bridgehead atoms. The van der Waals surface area contributed by atoms with Gasteiger partial charge >= 0.3 is 11.9 Å². The molecule has 0 radical (unpaired) electrons. The van der Waals surface area contributed by atoms with Crippen molar-refractivity contribution < 1.29 is 23.9 Å². The lowest BCUT2D eigenvalue weighted by Gasteiger charge is -2.24. The van der Waals surface area contributed by atoms with Gasteiger partial charge in [0.15, 0.2) is 5.78 Å². The average molecular weight is 380 g/mol. The van der Waals surface area contributed by atoms with Crippen LogP contribution in [0.15, 0.2) is 60.7 Å². The topological polar surface area (TPSA) is 93.7 Å². The van der Waals surface area contributed by atoms with Crippen molar-refractivity contribution in [1.29, 1.82) is 0 Å². The van der Waals surface area contributed by atoms with E-state index in [0.29, 0.717) is 22.5 Å². The molecule has 3 rings (SSSR count). The maximum Gasteiger partial charge on any atom is 0.339 e. The SMILES string of the molecule is COC(=O)c1ccccc1N[C@@H]1C(=O)C=C[C@H]1Nc1ccccc1C(=O)OC. The first-order valence-electron chi connectivity index (χ1n) is 8.65. The fraction of sp³-hybridized carbons (Fsp3) is 0.190. The molecule has 1 aliphatic carbocycles. The number of para-hydroxylation sites is 2. The van der Waals surface area contributed by atoms with Crippen molar-refractivity contribution in [2.75, 3.05) is 24.9 Å². The Morgan fingerprint density at radius 3 is 1.86 bits per heavy atom. The van der Waals surface area contributed by atoms with Crippen LogP contribution in [0.5, 0.6) is 0 Å². The Morgan fingerprint density at radius 1 is 0.821 bits per heavy atom. The summed E-state index contributed by atoms with van der Waals surface area (Å²) in [7, 11) is 2.61. The van der Waals surface area contributed by atoms with E-state index in [1.165, 1.54) is 20.3 Å².